The maximum absolute atomic E-state index is 12.7. The second-order valence-corrected chi connectivity index (χ2v) is 5.75. The molecule has 2 N–H and O–H groups in total. The Hall–Kier alpha value is -1.90. The van der Waals surface area contributed by atoms with Crippen molar-refractivity contribution in [1.82, 2.24) is 19.6 Å². The van der Waals surface area contributed by atoms with Gasteiger partial charge in [-0.05, 0) is 31.6 Å². The lowest BCUT2D eigenvalue weighted by atomic mass is 10.0. The molecule has 2 aromatic heterocycles. The van der Waals surface area contributed by atoms with Crippen LogP contribution >= 0.6 is 0 Å². The lowest BCUT2D eigenvalue weighted by Gasteiger charge is -2.16. The van der Waals surface area contributed by atoms with E-state index < -0.39 is 12.0 Å². The topological polar surface area (TPSA) is 75.3 Å². The molecule has 22 heavy (non-hydrogen) atoms. The summed E-state index contributed by atoms with van der Waals surface area (Å²) in [5.41, 5.74) is 0.592. The Labute approximate surface area is 124 Å². The number of halogens is 3. The Morgan fingerprint density at radius 1 is 1.36 bits per heavy atom. The second-order valence-electron chi connectivity index (χ2n) is 5.75. The van der Waals surface area contributed by atoms with Crippen LogP contribution in [0.4, 0.5) is 19.0 Å². The van der Waals surface area contributed by atoms with E-state index in [1.165, 1.54) is 0 Å². The molecule has 0 unspecified atom stereocenters. The summed E-state index contributed by atoms with van der Waals surface area (Å²) in [6, 6.07) is 1.64. The minimum atomic E-state index is -4.60. The molecule has 0 spiro atoms. The molecule has 1 saturated carbocycles. The average Bonchev–Trinajstić information content (AvgIpc) is 3.03. The summed E-state index contributed by atoms with van der Waals surface area (Å²) in [5.74, 6) is -0.860. The highest BCUT2D eigenvalue weighted by Gasteiger charge is 2.42. The van der Waals surface area contributed by atoms with E-state index in [-0.39, 0.29) is 17.8 Å². The van der Waals surface area contributed by atoms with Crippen molar-refractivity contribution in [2.24, 2.45) is 5.41 Å². The fourth-order valence-corrected chi connectivity index (χ4v) is 2.44. The molecule has 1 fully saturated rings. The molecule has 0 aromatic carbocycles. The van der Waals surface area contributed by atoms with E-state index in [1.54, 1.807) is 13.0 Å². The van der Waals surface area contributed by atoms with Crippen molar-refractivity contribution < 1.29 is 18.3 Å². The number of aliphatic hydroxyl groups is 1. The van der Waals surface area contributed by atoms with E-state index in [4.69, 9.17) is 5.11 Å². The van der Waals surface area contributed by atoms with E-state index in [9.17, 15) is 13.2 Å². The fraction of sp³-hybridized carbons (Fsp3) is 0.615. The van der Waals surface area contributed by atoms with Gasteiger partial charge in [-0.3, -0.25) is 0 Å². The number of aryl methyl sites for hydroxylation is 1. The molecule has 6 nitrogen and oxygen atoms in total. The van der Waals surface area contributed by atoms with E-state index in [0.717, 1.165) is 17.4 Å². The van der Waals surface area contributed by atoms with E-state index in [1.807, 2.05) is 0 Å². The monoisotopic (exact) mass is 315 g/mol. The first kappa shape index (κ1) is 15.0. The second kappa shape index (κ2) is 5.08. The molecule has 120 valence electrons. The van der Waals surface area contributed by atoms with Crippen molar-refractivity contribution in [3.05, 3.63) is 17.6 Å². The van der Waals surface area contributed by atoms with Crippen LogP contribution in [0.5, 0.6) is 0 Å². The van der Waals surface area contributed by atoms with Crippen molar-refractivity contribution in [3.8, 4) is 0 Å². The van der Waals surface area contributed by atoms with Crippen LogP contribution in [0.2, 0.25) is 0 Å². The van der Waals surface area contributed by atoms with E-state index >= 15 is 0 Å². The molecule has 1 aliphatic rings. The van der Waals surface area contributed by atoms with Crippen molar-refractivity contribution in [3.63, 3.8) is 0 Å². The van der Waals surface area contributed by atoms with Crippen LogP contribution in [0.3, 0.4) is 0 Å². The van der Waals surface area contributed by atoms with E-state index in [2.05, 4.69) is 20.4 Å². The predicted molar refractivity (Wildman–Crippen MR) is 72.4 cm³/mol. The van der Waals surface area contributed by atoms with Gasteiger partial charge in [0.25, 0.3) is 11.6 Å². The van der Waals surface area contributed by atoms with Gasteiger partial charge in [0.1, 0.15) is 5.82 Å². The van der Waals surface area contributed by atoms with Crippen LogP contribution in [-0.2, 0) is 6.18 Å². The highest BCUT2D eigenvalue weighted by molar-refractivity contribution is 5.45. The van der Waals surface area contributed by atoms with Gasteiger partial charge in [-0.1, -0.05) is 0 Å². The Balaban J connectivity index is 1.90. The third kappa shape index (κ3) is 2.85. The number of fused-ring (bicyclic) bond motifs is 1. The SMILES string of the molecule is Cc1cc(NCC2(CCO)CC2)n2nc(C(F)(F)F)nc2n1. The summed E-state index contributed by atoms with van der Waals surface area (Å²) in [6.07, 6.45) is -1.93. The number of hydrogen-bond acceptors (Lipinski definition) is 5. The molecule has 0 atom stereocenters. The van der Waals surface area contributed by atoms with Gasteiger partial charge in [0, 0.05) is 24.9 Å². The summed E-state index contributed by atoms with van der Waals surface area (Å²) in [6.45, 7) is 2.37. The van der Waals surface area contributed by atoms with Crippen LogP contribution < -0.4 is 5.32 Å². The van der Waals surface area contributed by atoms with Gasteiger partial charge < -0.3 is 10.4 Å². The highest BCUT2D eigenvalue weighted by atomic mass is 19.4. The number of rotatable bonds is 5. The number of alkyl halides is 3. The Morgan fingerprint density at radius 3 is 2.68 bits per heavy atom. The number of hydrogen-bond donors (Lipinski definition) is 2. The third-order valence-electron chi connectivity index (χ3n) is 3.94. The zero-order valence-electron chi connectivity index (χ0n) is 12.0. The van der Waals surface area contributed by atoms with Crippen LogP contribution in [0.15, 0.2) is 6.07 Å². The molecule has 2 heterocycles. The van der Waals surface area contributed by atoms with Gasteiger partial charge in [0.2, 0.25) is 0 Å². The van der Waals surface area contributed by atoms with Crippen LogP contribution in [0.25, 0.3) is 5.78 Å². The molecule has 0 radical (unpaired) electrons. The van der Waals surface area contributed by atoms with Crippen molar-refractivity contribution >= 4 is 11.6 Å². The predicted octanol–water partition coefficient (Wildman–Crippen LogP) is 2.03. The quantitative estimate of drug-likeness (QED) is 0.883. The smallest absolute Gasteiger partial charge is 0.396 e. The van der Waals surface area contributed by atoms with Gasteiger partial charge in [-0.25, -0.2) is 4.98 Å². The molecule has 9 heteroatoms. The van der Waals surface area contributed by atoms with Crippen molar-refractivity contribution in [2.45, 2.75) is 32.4 Å². The van der Waals surface area contributed by atoms with Gasteiger partial charge in [0.15, 0.2) is 0 Å². The fourth-order valence-electron chi connectivity index (χ4n) is 2.44. The van der Waals surface area contributed by atoms with Gasteiger partial charge in [0.05, 0.1) is 0 Å². The minimum Gasteiger partial charge on any atom is -0.396 e. The summed E-state index contributed by atoms with van der Waals surface area (Å²) in [4.78, 5) is 7.41. The molecular formula is C13H16F3N5O. The zero-order valence-corrected chi connectivity index (χ0v) is 12.0. The van der Waals surface area contributed by atoms with Crippen molar-refractivity contribution in [2.75, 3.05) is 18.5 Å². The molecule has 0 saturated heterocycles. The first-order valence-electron chi connectivity index (χ1n) is 6.99. The Bertz CT molecular complexity index is 693. The summed E-state index contributed by atoms with van der Waals surface area (Å²) in [7, 11) is 0. The van der Waals surface area contributed by atoms with Gasteiger partial charge >= 0.3 is 6.18 Å². The molecule has 0 aliphatic heterocycles. The number of anilines is 1. The number of aromatic nitrogens is 4. The largest absolute Gasteiger partial charge is 0.453 e. The number of nitrogens with one attached hydrogen (secondary N) is 1. The molecule has 1 aliphatic carbocycles. The van der Waals surface area contributed by atoms with Crippen LogP contribution in [-0.4, -0.2) is 37.8 Å². The first-order valence-corrected chi connectivity index (χ1v) is 6.99. The third-order valence-corrected chi connectivity index (χ3v) is 3.94. The summed E-state index contributed by atoms with van der Waals surface area (Å²) in [5, 5.41) is 15.7. The normalized spacial score (nSPS) is 17.0. The van der Waals surface area contributed by atoms with Crippen LogP contribution in [0, 0.1) is 12.3 Å². The minimum absolute atomic E-state index is 0.0334. The van der Waals surface area contributed by atoms with Crippen LogP contribution in [0.1, 0.15) is 30.8 Å². The summed E-state index contributed by atoms with van der Waals surface area (Å²) < 4.78 is 39.3. The molecule has 0 amide bonds. The lowest BCUT2D eigenvalue weighted by molar-refractivity contribution is -0.144. The maximum atomic E-state index is 12.7. The highest BCUT2D eigenvalue weighted by Crippen LogP contribution is 2.48. The molecule has 3 rings (SSSR count). The summed E-state index contributed by atoms with van der Waals surface area (Å²) >= 11 is 0. The standard InChI is InChI=1S/C13H16F3N5O/c1-8-6-9(17-7-12(2-3-12)4-5-22)21-11(18-8)19-10(20-21)13(14,15)16/h6,17,22H,2-5,7H2,1H3. The Morgan fingerprint density at radius 2 is 2.09 bits per heavy atom. The lowest BCUT2D eigenvalue weighted by Crippen LogP contribution is -2.19. The zero-order chi connectivity index (χ0) is 16.0. The number of aliphatic hydroxyl groups excluding tert-OH is 1. The Kier molecular flexibility index (Phi) is 3.47. The van der Waals surface area contributed by atoms with Gasteiger partial charge in [-0.15, -0.1) is 5.10 Å². The van der Waals surface area contributed by atoms with E-state index in [0.29, 0.717) is 24.5 Å². The molecule has 2 aromatic rings. The maximum Gasteiger partial charge on any atom is 0.453 e. The molecule has 0 bridgehead atoms. The van der Waals surface area contributed by atoms with Gasteiger partial charge in [-0.2, -0.15) is 22.7 Å². The first-order chi connectivity index (χ1) is 10.3. The van der Waals surface area contributed by atoms with Crippen molar-refractivity contribution in [1.29, 1.82) is 0 Å². The molecular weight excluding hydrogens is 299 g/mol. The number of nitrogens with zero attached hydrogens (tertiary/aromatic N) is 4. The average molecular weight is 315 g/mol.